The Morgan fingerprint density at radius 3 is 2.44 bits per heavy atom. The van der Waals surface area contributed by atoms with Crippen molar-refractivity contribution >= 4 is 0 Å². The van der Waals surface area contributed by atoms with E-state index >= 15 is 0 Å². The van der Waals surface area contributed by atoms with Gasteiger partial charge in [0.1, 0.15) is 0 Å². The predicted octanol–water partition coefficient (Wildman–Crippen LogP) is 2.01. The van der Waals surface area contributed by atoms with Crippen LogP contribution in [0.1, 0.15) is 26.7 Å². The van der Waals surface area contributed by atoms with Crippen molar-refractivity contribution in [1.29, 1.82) is 0 Å². The van der Waals surface area contributed by atoms with Gasteiger partial charge in [-0.3, -0.25) is 0 Å². The minimum Gasteiger partial charge on any atom is -0.378 e. The van der Waals surface area contributed by atoms with Crippen LogP contribution in [0.15, 0.2) is 11.3 Å². The fourth-order valence-corrected chi connectivity index (χ4v) is 1.51. The van der Waals surface area contributed by atoms with Crippen LogP contribution in [0.4, 0.5) is 0 Å². The molecule has 0 unspecified atom stereocenters. The van der Waals surface area contributed by atoms with Crippen molar-refractivity contribution in [1.82, 2.24) is 4.90 Å². The molecule has 1 aliphatic heterocycles. The second-order valence-electron chi connectivity index (χ2n) is 2.75. The van der Waals surface area contributed by atoms with Crippen LogP contribution in [0.2, 0.25) is 0 Å². The molecule has 0 saturated carbocycles. The zero-order valence-electron chi connectivity index (χ0n) is 6.57. The molecule has 0 aliphatic carbocycles. The first kappa shape index (κ1) is 6.66. The van der Waals surface area contributed by atoms with Crippen molar-refractivity contribution in [2.45, 2.75) is 26.7 Å². The molecule has 1 aliphatic rings. The maximum absolute atomic E-state index is 2.36. The number of allylic oxidation sites excluding steroid dienone is 1. The van der Waals surface area contributed by atoms with Gasteiger partial charge in [0.25, 0.3) is 0 Å². The Morgan fingerprint density at radius 1 is 1.56 bits per heavy atom. The summed E-state index contributed by atoms with van der Waals surface area (Å²) in [5, 5.41) is 0. The third-order valence-electron chi connectivity index (χ3n) is 2.11. The minimum atomic E-state index is 1.20. The summed E-state index contributed by atoms with van der Waals surface area (Å²) in [7, 11) is 2.18. The van der Waals surface area contributed by atoms with Crippen LogP contribution in [0.25, 0.3) is 0 Å². The van der Waals surface area contributed by atoms with Crippen LogP contribution in [0.5, 0.6) is 0 Å². The smallest absolute Gasteiger partial charge is 0.0209 e. The van der Waals surface area contributed by atoms with E-state index in [2.05, 4.69) is 25.8 Å². The van der Waals surface area contributed by atoms with E-state index in [4.69, 9.17) is 0 Å². The number of hydrogen-bond donors (Lipinski definition) is 0. The van der Waals surface area contributed by atoms with Crippen molar-refractivity contribution in [2.24, 2.45) is 0 Å². The zero-order valence-corrected chi connectivity index (χ0v) is 6.57. The van der Waals surface area contributed by atoms with Crippen LogP contribution >= 0.6 is 0 Å². The summed E-state index contributed by atoms with van der Waals surface area (Å²) in [6.07, 6.45) is 2.47. The first-order valence-electron chi connectivity index (χ1n) is 3.65. The van der Waals surface area contributed by atoms with Gasteiger partial charge in [-0.25, -0.2) is 0 Å². The summed E-state index contributed by atoms with van der Waals surface area (Å²) < 4.78 is 0. The van der Waals surface area contributed by atoms with Gasteiger partial charge in [0, 0.05) is 19.3 Å². The van der Waals surface area contributed by atoms with Gasteiger partial charge in [0.15, 0.2) is 0 Å². The Kier molecular flexibility index (Phi) is 1.79. The standard InChI is InChI=1S/C8H15N/c1-4-8-7(2)5-6-9(8)3/h4-6H2,1-3H3. The highest BCUT2D eigenvalue weighted by atomic mass is 15.1. The maximum Gasteiger partial charge on any atom is 0.0209 e. The normalized spacial score (nSPS) is 19.7. The van der Waals surface area contributed by atoms with Crippen LogP contribution in [0, 0.1) is 0 Å². The summed E-state index contributed by atoms with van der Waals surface area (Å²) >= 11 is 0. The van der Waals surface area contributed by atoms with Gasteiger partial charge in [-0.05, 0) is 19.8 Å². The molecule has 0 aromatic rings. The van der Waals surface area contributed by atoms with E-state index < -0.39 is 0 Å². The molecule has 1 nitrogen and oxygen atoms in total. The molecular formula is C8H15N. The average molecular weight is 125 g/mol. The molecule has 1 heterocycles. The molecule has 0 bridgehead atoms. The second kappa shape index (κ2) is 2.42. The first-order valence-corrected chi connectivity index (χ1v) is 3.65. The zero-order chi connectivity index (χ0) is 6.85. The number of nitrogens with zero attached hydrogens (tertiary/aromatic N) is 1. The van der Waals surface area contributed by atoms with E-state index in [0.29, 0.717) is 0 Å². The van der Waals surface area contributed by atoms with Gasteiger partial charge in [-0.15, -0.1) is 0 Å². The van der Waals surface area contributed by atoms with Crippen molar-refractivity contribution in [3.63, 3.8) is 0 Å². The largest absolute Gasteiger partial charge is 0.378 e. The van der Waals surface area contributed by atoms with Gasteiger partial charge in [-0.1, -0.05) is 12.5 Å². The molecule has 9 heavy (non-hydrogen) atoms. The predicted molar refractivity (Wildman–Crippen MR) is 40.2 cm³/mol. The monoisotopic (exact) mass is 125 g/mol. The fraction of sp³-hybridized carbons (Fsp3) is 0.750. The summed E-state index contributed by atoms with van der Waals surface area (Å²) in [5.74, 6) is 0. The maximum atomic E-state index is 2.36. The van der Waals surface area contributed by atoms with E-state index in [0.717, 1.165) is 0 Å². The summed E-state index contributed by atoms with van der Waals surface area (Å²) in [4.78, 5) is 2.36. The lowest BCUT2D eigenvalue weighted by molar-refractivity contribution is 0.446. The molecule has 52 valence electrons. The highest BCUT2D eigenvalue weighted by molar-refractivity contribution is 5.15. The van der Waals surface area contributed by atoms with E-state index in [1.807, 2.05) is 0 Å². The molecule has 1 heteroatoms. The van der Waals surface area contributed by atoms with Gasteiger partial charge in [0.2, 0.25) is 0 Å². The molecule has 1 rings (SSSR count). The van der Waals surface area contributed by atoms with Crippen LogP contribution in [-0.4, -0.2) is 18.5 Å². The first-order chi connectivity index (χ1) is 4.25. The molecular weight excluding hydrogens is 110 g/mol. The Labute approximate surface area is 57.4 Å². The van der Waals surface area contributed by atoms with Crippen molar-refractivity contribution in [3.05, 3.63) is 11.3 Å². The molecule has 0 spiro atoms. The molecule has 0 fully saturated rings. The van der Waals surface area contributed by atoms with Gasteiger partial charge in [-0.2, -0.15) is 0 Å². The SMILES string of the molecule is CCC1=C(C)CCN1C. The Bertz CT molecular complexity index is 136. The molecule has 0 aromatic heterocycles. The molecule has 0 N–H and O–H groups in total. The Hall–Kier alpha value is -0.460. The van der Waals surface area contributed by atoms with Gasteiger partial charge >= 0.3 is 0 Å². The van der Waals surface area contributed by atoms with Gasteiger partial charge in [0.05, 0.1) is 0 Å². The van der Waals surface area contributed by atoms with Crippen molar-refractivity contribution < 1.29 is 0 Å². The highest BCUT2D eigenvalue weighted by Gasteiger charge is 2.12. The van der Waals surface area contributed by atoms with E-state index in [9.17, 15) is 0 Å². The third-order valence-corrected chi connectivity index (χ3v) is 2.11. The van der Waals surface area contributed by atoms with Crippen LogP contribution in [0.3, 0.4) is 0 Å². The lowest BCUT2D eigenvalue weighted by Gasteiger charge is -2.13. The van der Waals surface area contributed by atoms with Crippen LogP contribution in [-0.2, 0) is 0 Å². The van der Waals surface area contributed by atoms with Crippen LogP contribution < -0.4 is 0 Å². The second-order valence-corrected chi connectivity index (χ2v) is 2.75. The summed E-state index contributed by atoms with van der Waals surface area (Å²) in [6, 6.07) is 0. The summed E-state index contributed by atoms with van der Waals surface area (Å²) in [6.45, 7) is 5.69. The molecule has 0 aromatic carbocycles. The average Bonchev–Trinajstić information content (AvgIpc) is 2.12. The lowest BCUT2D eigenvalue weighted by atomic mass is 10.2. The Balaban J connectivity index is 2.69. The van der Waals surface area contributed by atoms with Crippen molar-refractivity contribution in [3.8, 4) is 0 Å². The lowest BCUT2D eigenvalue weighted by Crippen LogP contribution is -2.11. The molecule has 0 saturated heterocycles. The van der Waals surface area contributed by atoms with Gasteiger partial charge < -0.3 is 4.90 Å². The third kappa shape index (κ3) is 1.09. The topological polar surface area (TPSA) is 3.24 Å². The summed E-state index contributed by atoms with van der Waals surface area (Å²) in [5.41, 5.74) is 3.13. The number of rotatable bonds is 1. The molecule has 0 radical (unpaired) electrons. The highest BCUT2D eigenvalue weighted by Crippen LogP contribution is 2.22. The molecule has 0 amide bonds. The molecule has 0 atom stereocenters. The van der Waals surface area contributed by atoms with Crippen molar-refractivity contribution in [2.75, 3.05) is 13.6 Å². The fourth-order valence-electron chi connectivity index (χ4n) is 1.51. The van der Waals surface area contributed by atoms with E-state index in [1.54, 1.807) is 11.3 Å². The quantitative estimate of drug-likeness (QED) is 0.518. The number of hydrogen-bond acceptors (Lipinski definition) is 1. The Morgan fingerprint density at radius 2 is 2.22 bits per heavy atom. The van der Waals surface area contributed by atoms with E-state index in [-0.39, 0.29) is 0 Å². The minimum absolute atomic E-state index is 1.20. The van der Waals surface area contributed by atoms with E-state index in [1.165, 1.54) is 19.4 Å².